The Labute approximate surface area is 103 Å². The molecule has 1 rings (SSSR count). The summed E-state index contributed by atoms with van der Waals surface area (Å²) in [6.07, 6.45) is 0.839. The van der Waals surface area contributed by atoms with Crippen LogP contribution in [0.2, 0.25) is 0 Å². The molecule has 0 spiro atoms. The molecule has 2 atom stereocenters. The molecular weight excluding hydrogens is 220 g/mol. The van der Waals surface area contributed by atoms with Gasteiger partial charge in [0.2, 0.25) is 5.91 Å². The first kappa shape index (κ1) is 14.4. The maximum atomic E-state index is 11.8. The van der Waals surface area contributed by atoms with Crippen LogP contribution in [-0.2, 0) is 14.3 Å². The van der Waals surface area contributed by atoms with Crippen LogP contribution >= 0.6 is 0 Å². The first-order chi connectivity index (χ1) is 8.13. The van der Waals surface area contributed by atoms with Crippen LogP contribution in [-0.4, -0.2) is 51.5 Å². The molecule has 100 valence electrons. The average molecular weight is 244 g/mol. The van der Waals surface area contributed by atoms with Gasteiger partial charge in [-0.25, -0.2) is 0 Å². The molecule has 0 aliphatic carbocycles. The van der Waals surface area contributed by atoms with Crippen LogP contribution in [0.4, 0.5) is 0 Å². The summed E-state index contributed by atoms with van der Waals surface area (Å²) >= 11 is 0. The van der Waals surface area contributed by atoms with Gasteiger partial charge in [-0.05, 0) is 6.54 Å². The number of carbonyl (C=O) groups excluding carboxylic acids is 1. The van der Waals surface area contributed by atoms with E-state index in [1.807, 2.05) is 13.8 Å². The van der Waals surface area contributed by atoms with Crippen molar-refractivity contribution in [2.75, 3.05) is 40.0 Å². The van der Waals surface area contributed by atoms with Crippen LogP contribution < -0.4 is 10.6 Å². The van der Waals surface area contributed by atoms with Gasteiger partial charge in [0.05, 0.1) is 6.61 Å². The average Bonchev–Trinajstić information content (AvgIpc) is 2.82. The summed E-state index contributed by atoms with van der Waals surface area (Å²) < 4.78 is 10.8. The number of rotatable bonds is 7. The highest BCUT2D eigenvalue weighted by atomic mass is 16.5. The monoisotopic (exact) mass is 244 g/mol. The van der Waals surface area contributed by atoms with Gasteiger partial charge in [0.15, 0.2) is 0 Å². The fraction of sp³-hybridized carbons (Fsp3) is 0.917. The lowest BCUT2D eigenvalue weighted by Gasteiger charge is -2.26. The number of nitrogens with one attached hydrogen (secondary N) is 2. The number of methoxy groups -OCH3 is 1. The zero-order chi connectivity index (χ0) is 12.7. The van der Waals surface area contributed by atoms with Gasteiger partial charge in [-0.1, -0.05) is 13.8 Å². The summed E-state index contributed by atoms with van der Waals surface area (Å²) in [4.78, 5) is 11.8. The van der Waals surface area contributed by atoms with Crippen molar-refractivity contribution in [2.24, 2.45) is 5.92 Å². The van der Waals surface area contributed by atoms with Gasteiger partial charge in [0, 0.05) is 39.1 Å². The van der Waals surface area contributed by atoms with E-state index in [1.54, 1.807) is 7.11 Å². The van der Waals surface area contributed by atoms with Crippen molar-refractivity contribution < 1.29 is 14.3 Å². The second-order valence-corrected chi connectivity index (χ2v) is 4.62. The zero-order valence-electron chi connectivity index (χ0n) is 11.0. The number of hydrogen-bond donors (Lipinski definition) is 2. The third-order valence-corrected chi connectivity index (χ3v) is 3.23. The Morgan fingerprint density at radius 2 is 2.35 bits per heavy atom. The molecule has 1 aliphatic heterocycles. The molecule has 1 saturated heterocycles. The van der Waals surface area contributed by atoms with E-state index in [4.69, 9.17) is 9.47 Å². The summed E-state index contributed by atoms with van der Waals surface area (Å²) in [5.74, 6) is 0.0421. The van der Waals surface area contributed by atoms with Crippen molar-refractivity contribution in [2.45, 2.75) is 25.9 Å². The summed E-state index contributed by atoms with van der Waals surface area (Å²) in [5, 5.41) is 6.10. The molecule has 17 heavy (non-hydrogen) atoms. The maximum Gasteiger partial charge on any atom is 0.224 e. The van der Waals surface area contributed by atoms with Gasteiger partial charge in [-0.3, -0.25) is 4.79 Å². The number of carbonyl (C=O) groups is 1. The van der Waals surface area contributed by atoms with Crippen molar-refractivity contribution in [3.63, 3.8) is 0 Å². The summed E-state index contributed by atoms with van der Waals surface area (Å²) in [5.41, 5.74) is -0.326. The molecule has 0 saturated carbocycles. The lowest BCUT2D eigenvalue weighted by atomic mass is 10.0. The van der Waals surface area contributed by atoms with Crippen molar-refractivity contribution >= 4 is 5.91 Å². The predicted octanol–water partition coefficient (Wildman–Crippen LogP) is 0.154. The molecule has 0 aromatic heterocycles. The first-order valence-corrected chi connectivity index (χ1v) is 6.25. The van der Waals surface area contributed by atoms with E-state index >= 15 is 0 Å². The van der Waals surface area contributed by atoms with Crippen molar-refractivity contribution in [1.82, 2.24) is 10.6 Å². The number of hydrogen-bond acceptors (Lipinski definition) is 4. The van der Waals surface area contributed by atoms with Gasteiger partial charge < -0.3 is 20.1 Å². The normalized spacial score (nSPS) is 25.8. The molecule has 0 radical (unpaired) electrons. The Bertz CT molecular complexity index is 240. The van der Waals surface area contributed by atoms with E-state index in [1.165, 1.54) is 0 Å². The van der Waals surface area contributed by atoms with E-state index in [0.717, 1.165) is 13.0 Å². The standard InChI is InChI=1S/C12H24N2O3/c1-4-13-7-10(2)11(15)14-8-12(16-3)5-6-17-9-12/h10,13H,4-9H2,1-3H3,(H,14,15). The second-order valence-electron chi connectivity index (χ2n) is 4.62. The molecule has 0 aromatic rings. The van der Waals surface area contributed by atoms with E-state index in [-0.39, 0.29) is 17.4 Å². The van der Waals surface area contributed by atoms with Crippen molar-refractivity contribution in [3.05, 3.63) is 0 Å². The Balaban J connectivity index is 2.31. The lowest BCUT2D eigenvalue weighted by Crippen LogP contribution is -2.47. The zero-order valence-corrected chi connectivity index (χ0v) is 11.0. The number of amides is 1. The molecule has 0 bridgehead atoms. The van der Waals surface area contributed by atoms with Crippen LogP contribution in [0.5, 0.6) is 0 Å². The molecule has 5 nitrogen and oxygen atoms in total. The van der Waals surface area contributed by atoms with E-state index < -0.39 is 0 Å². The Morgan fingerprint density at radius 3 is 2.88 bits per heavy atom. The topological polar surface area (TPSA) is 59.6 Å². The van der Waals surface area contributed by atoms with E-state index in [2.05, 4.69) is 10.6 Å². The van der Waals surface area contributed by atoms with E-state index in [9.17, 15) is 4.79 Å². The number of ether oxygens (including phenoxy) is 2. The summed E-state index contributed by atoms with van der Waals surface area (Å²) in [6, 6.07) is 0. The smallest absolute Gasteiger partial charge is 0.224 e. The van der Waals surface area contributed by atoms with Crippen LogP contribution in [0.15, 0.2) is 0 Å². The molecule has 1 aliphatic rings. The first-order valence-electron chi connectivity index (χ1n) is 6.25. The van der Waals surface area contributed by atoms with Gasteiger partial charge >= 0.3 is 0 Å². The molecular formula is C12H24N2O3. The maximum absolute atomic E-state index is 11.8. The quantitative estimate of drug-likeness (QED) is 0.669. The largest absolute Gasteiger partial charge is 0.378 e. The van der Waals surface area contributed by atoms with Crippen LogP contribution in [0.25, 0.3) is 0 Å². The van der Waals surface area contributed by atoms with Crippen LogP contribution in [0, 0.1) is 5.92 Å². The van der Waals surface area contributed by atoms with Crippen molar-refractivity contribution in [3.8, 4) is 0 Å². The molecule has 1 fully saturated rings. The molecule has 5 heteroatoms. The highest BCUT2D eigenvalue weighted by Gasteiger charge is 2.35. The van der Waals surface area contributed by atoms with Gasteiger partial charge in [-0.15, -0.1) is 0 Å². The fourth-order valence-corrected chi connectivity index (χ4v) is 1.84. The van der Waals surface area contributed by atoms with Gasteiger partial charge in [-0.2, -0.15) is 0 Å². The highest BCUT2D eigenvalue weighted by Crippen LogP contribution is 2.21. The van der Waals surface area contributed by atoms with Gasteiger partial charge in [0.25, 0.3) is 0 Å². The summed E-state index contributed by atoms with van der Waals surface area (Å²) in [6.45, 7) is 7.33. The minimum absolute atomic E-state index is 0.0221. The third-order valence-electron chi connectivity index (χ3n) is 3.23. The Hall–Kier alpha value is -0.650. The summed E-state index contributed by atoms with van der Waals surface area (Å²) in [7, 11) is 1.67. The third kappa shape index (κ3) is 4.26. The van der Waals surface area contributed by atoms with Crippen LogP contribution in [0.3, 0.4) is 0 Å². The van der Waals surface area contributed by atoms with Crippen molar-refractivity contribution in [1.29, 1.82) is 0 Å². The molecule has 2 N–H and O–H groups in total. The van der Waals surface area contributed by atoms with Crippen LogP contribution in [0.1, 0.15) is 20.3 Å². The predicted molar refractivity (Wildman–Crippen MR) is 65.9 cm³/mol. The van der Waals surface area contributed by atoms with E-state index in [0.29, 0.717) is 26.3 Å². The minimum atomic E-state index is -0.326. The molecule has 0 aromatic carbocycles. The second kappa shape index (κ2) is 6.93. The SMILES string of the molecule is CCNCC(C)C(=O)NCC1(OC)CCOC1. The molecule has 1 heterocycles. The van der Waals surface area contributed by atoms with Gasteiger partial charge in [0.1, 0.15) is 5.60 Å². The highest BCUT2D eigenvalue weighted by molar-refractivity contribution is 5.78. The Kier molecular flexibility index (Phi) is 5.88. The Morgan fingerprint density at radius 1 is 1.59 bits per heavy atom. The lowest BCUT2D eigenvalue weighted by molar-refractivity contribution is -0.126. The fourth-order valence-electron chi connectivity index (χ4n) is 1.84. The minimum Gasteiger partial charge on any atom is -0.378 e. The molecule has 1 amide bonds. The molecule has 2 unspecified atom stereocenters.